The van der Waals surface area contributed by atoms with Crippen molar-refractivity contribution >= 4 is 5.69 Å². The summed E-state index contributed by atoms with van der Waals surface area (Å²) in [5.41, 5.74) is 0.578. The number of ether oxygens (including phenoxy) is 1. The summed E-state index contributed by atoms with van der Waals surface area (Å²) in [6, 6.07) is 6.50. The maximum atomic E-state index is 10.6. The van der Waals surface area contributed by atoms with Crippen LogP contribution in [0.2, 0.25) is 0 Å². The molecule has 0 spiro atoms. The molecule has 0 saturated carbocycles. The van der Waals surface area contributed by atoms with Crippen LogP contribution in [0.1, 0.15) is 18.9 Å². The molecule has 0 fully saturated rings. The van der Waals surface area contributed by atoms with Gasteiger partial charge in [0.1, 0.15) is 6.61 Å². The highest BCUT2D eigenvalue weighted by Crippen LogP contribution is 2.19. The van der Waals surface area contributed by atoms with Crippen LogP contribution in [0.5, 0.6) is 0 Å². The van der Waals surface area contributed by atoms with Gasteiger partial charge in [0.25, 0.3) is 5.69 Å². The van der Waals surface area contributed by atoms with Crippen LogP contribution in [0.4, 0.5) is 5.69 Å². The third-order valence-corrected chi connectivity index (χ3v) is 1.67. The van der Waals surface area contributed by atoms with Crippen molar-refractivity contribution in [3.8, 4) is 0 Å². The predicted molar refractivity (Wildman–Crippen MR) is 52.7 cm³/mol. The van der Waals surface area contributed by atoms with Crippen molar-refractivity contribution in [3.63, 3.8) is 0 Å². The van der Waals surface area contributed by atoms with Crippen LogP contribution < -0.4 is 0 Å². The van der Waals surface area contributed by atoms with E-state index in [1.807, 2.05) is 6.92 Å². The lowest BCUT2D eigenvalue weighted by molar-refractivity contribution is -0.385. The number of nitro groups is 1. The monoisotopic (exact) mass is 194 g/mol. The Bertz CT molecular complexity index is 312. The second-order valence-electron chi connectivity index (χ2n) is 2.80. The number of nitrogens with zero attached hydrogens (tertiary/aromatic N) is 1. The molecule has 14 heavy (non-hydrogen) atoms. The summed E-state index contributed by atoms with van der Waals surface area (Å²) in [6.07, 6.45) is 0.886. The Labute approximate surface area is 82.7 Å². The first-order valence-electron chi connectivity index (χ1n) is 4.44. The maximum Gasteiger partial charge on any atom is 0.275 e. The number of nitro benzene ring substituents is 1. The van der Waals surface area contributed by atoms with Gasteiger partial charge in [-0.05, 0) is 12.5 Å². The van der Waals surface area contributed by atoms with E-state index in [0.29, 0.717) is 12.2 Å². The Morgan fingerprint density at radius 3 is 2.86 bits per heavy atom. The minimum atomic E-state index is -0.416. The zero-order chi connectivity index (χ0) is 10.4. The van der Waals surface area contributed by atoms with E-state index in [0.717, 1.165) is 6.42 Å². The van der Waals surface area contributed by atoms with E-state index in [1.54, 1.807) is 18.2 Å². The fraction of sp³-hybridized carbons (Fsp3) is 0.300. The number of hydrogen-bond acceptors (Lipinski definition) is 3. The largest absolute Gasteiger partial charge is 0.370 e. The fourth-order valence-electron chi connectivity index (χ4n) is 1.02. The molecule has 0 heterocycles. The van der Waals surface area contributed by atoms with Gasteiger partial charge in [0, 0.05) is 12.7 Å². The van der Waals surface area contributed by atoms with Crippen molar-refractivity contribution in [1.29, 1.82) is 0 Å². The second-order valence-corrected chi connectivity index (χ2v) is 2.80. The molecule has 0 atom stereocenters. The van der Waals surface area contributed by atoms with Gasteiger partial charge in [-0.15, -0.1) is 0 Å². The van der Waals surface area contributed by atoms with Crippen LogP contribution >= 0.6 is 0 Å². The van der Waals surface area contributed by atoms with Gasteiger partial charge in [0.15, 0.2) is 0 Å². The van der Waals surface area contributed by atoms with Gasteiger partial charge in [-0.2, -0.15) is 0 Å². The summed E-state index contributed by atoms with van der Waals surface area (Å²) in [5, 5.41) is 10.6. The molecule has 0 aliphatic carbocycles. The summed E-state index contributed by atoms with van der Waals surface area (Å²) in [4.78, 5) is 10.2. The second kappa shape index (κ2) is 5.34. The van der Waals surface area contributed by atoms with E-state index in [4.69, 9.17) is 4.74 Å². The number of rotatable bonds is 5. The number of benzene rings is 1. The van der Waals surface area contributed by atoms with Crippen LogP contribution in [0.15, 0.2) is 24.3 Å². The molecule has 1 aromatic rings. The third-order valence-electron chi connectivity index (χ3n) is 1.67. The van der Waals surface area contributed by atoms with Crippen molar-refractivity contribution in [2.45, 2.75) is 13.3 Å². The Kier molecular flexibility index (Phi) is 4.07. The van der Waals surface area contributed by atoms with Crippen molar-refractivity contribution < 1.29 is 9.66 Å². The van der Waals surface area contributed by atoms with E-state index in [2.05, 4.69) is 0 Å². The molecule has 0 aromatic heterocycles. The van der Waals surface area contributed by atoms with Gasteiger partial charge in [0.05, 0.1) is 10.5 Å². The minimum absolute atomic E-state index is 0.0728. The van der Waals surface area contributed by atoms with Crippen molar-refractivity contribution in [3.05, 3.63) is 46.6 Å². The highest BCUT2D eigenvalue weighted by molar-refractivity contribution is 5.43. The van der Waals surface area contributed by atoms with E-state index in [9.17, 15) is 10.1 Å². The summed E-state index contributed by atoms with van der Waals surface area (Å²) >= 11 is 0. The summed E-state index contributed by atoms with van der Waals surface area (Å²) in [6.45, 7) is 3.99. The topological polar surface area (TPSA) is 52.4 Å². The van der Waals surface area contributed by atoms with Crippen molar-refractivity contribution in [2.24, 2.45) is 0 Å². The first-order chi connectivity index (χ1) is 6.75. The quantitative estimate of drug-likeness (QED) is 0.411. The molecule has 4 nitrogen and oxygen atoms in total. The average Bonchev–Trinajstić information content (AvgIpc) is 2.19. The van der Waals surface area contributed by atoms with Gasteiger partial charge in [-0.1, -0.05) is 19.1 Å². The molecule has 1 aromatic carbocycles. The number of para-hydroxylation sites is 1. The molecule has 0 amide bonds. The summed E-state index contributed by atoms with van der Waals surface area (Å²) < 4.78 is 5.13. The van der Waals surface area contributed by atoms with Crippen LogP contribution in [0.3, 0.4) is 0 Å². The Hall–Kier alpha value is -1.42. The zero-order valence-electron chi connectivity index (χ0n) is 7.97. The normalized spacial score (nSPS) is 10.1. The Balaban J connectivity index is 2.69. The maximum absolute atomic E-state index is 10.6. The van der Waals surface area contributed by atoms with Crippen molar-refractivity contribution in [2.75, 3.05) is 6.61 Å². The van der Waals surface area contributed by atoms with E-state index in [1.165, 1.54) is 12.7 Å². The van der Waals surface area contributed by atoms with Crippen LogP contribution in [-0.4, -0.2) is 11.5 Å². The van der Waals surface area contributed by atoms with E-state index < -0.39 is 4.92 Å². The van der Waals surface area contributed by atoms with Gasteiger partial charge in [-0.3, -0.25) is 10.1 Å². The molecule has 1 rings (SSSR count). The Morgan fingerprint density at radius 2 is 2.21 bits per heavy atom. The van der Waals surface area contributed by atoms with Gasteiger partial charge in [-0.25, -0.2) is 0 Å². The molecule has 0 aliphatic rings. The fourth-order valence-corrected chi connectivity index (χ4v) is 1.02. The first kappa shape index (κ1) is 10.7. The lowest BCUT2D eigenvalue weighted by atomic mass is 10.2. The minimum Gasteiger partial charge on any atom is -0.370 e. The van der Waals surface area contributed by atoms with E-state index in [-0.39, 0.29) is 5.69 Å². The average molecular weight is 194 g/mol. The lowest BCUT2D eigenvalue weighted by Crippen LogP contribution is -1.97. The third kappa shape index (κ3) is 2.81. The highest BCUT2D eigenvalue weighted by Gasteiger charge is 2.11. The molecule has 0 saturated heterocycles. The standard InChI is InChI=1S/C10H12NO3/c1-2-7-14-8-9-5-3-4-6-10(9)11(12)13/h3-6,8H,2,7H2,1H3. The zero-order valence-corrected chi connectivity index (χ0v) is 7.97. The molecular formula is C10H12NO3. The predicted octanol–water partition coefficient (Wildman–Crippen LogP) is 2.53. The molecule has 0 N–H and O–H groups in total. The summed E-state index contributed by atoms with van der Waals surface area (Å²) in [5.74, 6) is 0. The van der Waals surface area contributed by atoms with Crippen LogP contribution in [0, 0.1) is 16.7 Å². The number of hydrogen-bond donors (Lipinski definition) is 0. The van der Waals surface area contributed by atoms with Gasteiger partial charge >= 0.3 is 0 Å². The lowest BCUT2D eigenvalue weighted by Gasteiger charge is -2.02. The van der Waals surface area contributed by atoms with E-state index >= 15 is 0 Å². The highest BCUT2D eigenvalue weighted by atomic mass is 16.6. The molecule has 1 radical (unpaired) electrons. The summed E-state index contributed by atoms with van der Waals surface area (Å²) in [7, 11) is 0. The molecule has 4 heteroatoms. The first-order valence-corrected chi connectivity index (χ1v) is 4.44. The van der Waals surface area contributed by atoms with Crippen molar-refractivity contribution in [1.82, 2.24) is 0 Å². The van der Waals surface area contributed by atoms with Gasteiger partial charge in [0.2, 0.25) is 0 Å². The van der Waals surface area contributed by atoms with Gasteiger partial charge < -0.3 is 4.74 Å². The molecule has 0 aliphatic heterocycles. The smallest absolute Gasteiger partial charge is 0.275 e. The molecule has 75 valence electrons. The SMILES string of the molecule is CCCO[CH]c1ccccc1[N+](=O)[O-]. The molecule has 0 bridgehead atoms. The van der Waals surface area contributed by atoms with Crippen LogP contribution in [-0.2, 0) is 4.74 Å². The molecule has 0 unspecified atom stereocenters. The molecular weight excluding hydrogens is 182 g/mol. The van der Waals surface area contributed by atoms with Crippen LogP contribution in [0.25, 0.3) is 0 Å². The Morgan fingerprint density at radius 1 is 1.50 bits per heavy atom.